The first-order valence-electron chi connectivity index (χ1n) is 2.68. The second-order valence-electron chi connectivity index (χ2n) is 1.85. The minimum atomic E-state index is 0.328. The predicted octanol–water partition coefficient (Wildman–Crippen LogP) is 2.19. The summed E-state index contributed by atoms with van der Waals surface area (Å²) in [5.41, 5.74) is 0. The van der Waals surface area contributed by atoms with Crippen LogP contribution in [-0.4, -0.2) is 5.38 Å². The van der Waals surface area contributed by atoms with E-state index in [0.29, 0.717) is 5.38 Å². The second-order valence-corrected chi connectivity index (χ2v) is 2.41. The van der Waals surface area contributed by atoms with Crippen LogP contribution < -0.4 is 0 Å². The first-order valence-corrected chi connectivity index (χ1v) is 3.12. The Labute approximate surface area is 49.9 Å². The molecule has 1 heteroatoms. The fourth-order valence-electron chi connectivity index (χ4n) is 0.768. The molecule has 1 rings (SSSR count). The van der Waals surface area contributed by atoms with Gasteiger partial charge in [-0.15, -0.1) is 11.6 Å². The summed E-state index contributed by atoms with van der Waals surface area (Å²) in [5.74, 6) is 0. The highest BCUT2D eigenvalue weighted by atomic mass is 35.5. The standard InChI is InChI=1S/C6H9Cl/c7-6-4-2-1-3-5-6/h2,5-6H,1,3-4H2. The van der Waals surface area contributed by atoms with E-state index in [1.807, 2.05) is 0 Å². The molecule has 0 bridgehead atoms. The van der Waals surface area contributed by atoms with Crippen molar-refractivity contribution in [1.82, 2.24) is 0 Å². The lowest BCUT2D eigenvalue weighted by atomic mass is 10.0. The van der Waals surface area contributed by atoms with Crippen molar-refractivity contribution in [3.8, 4) is 0 Å². The summed E-state index contributed by atoms with van der Waals surface area (Å²) < 4.78 is 0. The van der Waals surface area contributed by atoms with Crippen LogP contribution in [-0.2, 0) is 0 Å². The molecule has 0 N–H and O–H groups in total. The largest absolute Gasteiger partial charge is 0.123 e. The summed E-state index contributed by atoms with van der Waals surface area (Å²) in [6, 6.07) is 0. The van der Waals surface area contributed by atoms with Crippen LogP contribution >= 0.6 is 11.6 Å². The average Bonchev–Trinajstić information content (AvgIpc) is 1.69. The lowest BCUT2D eigenvalue weighted by Gasteiger charge is -2.12. The van der Waals surface area contributed by atoms with E-state index in [-0.39, 0.29) is 0 Å². The van der Waals surface area contributed by atoms with Gasteiger partial charge in [0.1, 0.15) is 0 Å². The summed E-state index contributed by atoms with van der Waals surface area (Å²) in [5, 5.41) is 0.328. The van der Waals surface area contributed by atoms with E-state index in [1.54, 1.807) is 0 Å². The average molecular weight is 117 g/mol. The van der Waals surface area contributed by atoms with Crippen molar-refractivity contribution in [2.45, 2.75) is 24.6 Å². The maximum atomic E-state index is 5.73. The van der Waals surface area contributed by atoms with Crippen molar-refractivity contribution >= 4 is 11.6 Å². The van der Waals surface area contributed by atoms with E-state index in [2.05, 4.69) is 12.8 Å². The predicted molar refractivity (Wildman–Crippen MR) is 32.1 cm³/mol. The van der Waals surface area contributed by atoms with E-state index < -0.39 is 0 Å². The van der Waals surface area contributed by atoms with Crippen LogP contribution in [0.3, 0.4) is 0 Å². The molecule has 1 aliphatic carbocycles. The Kier molecular flexibility index (Phi) is 1.99. The molecule has 0 nitrogen and oxygen atoms in total. The number of hydrogen-bond donors (Lipinski definition) is 0. The van der Waals surface area contributed by atoms with E-state index in [1.165, 1.54) is 12.8 Å². The van der Waals surface area contributed by atoms with E-state index in [4.69, 9.17) is 11.6 Å². The highest BCUT2D eigenvalue weighted by Crippen LogP contribution is 2.19. The highest BCUT2D eigenvalue weighted by molar-refractivity contribution is 6.21. The molecule has 7 heavy (non-hydrogen) atoms. The van der Waals surface area contributed by atoms with Crippen LogP contribution in [0.4, 0.5) is 0 Å². The molecule has 0 aromatic carbocycles. The first kappa shape index (κ1) is 5.43. The zero-order valence-electron chi connectivity index (χ0n) is 4.23. The summed E-state index contributed by atoms with van der Waals surface area (Å²) in [6.07, 6.45) is 7.89. The zero-order chi connectivity index (χ0) is 5.11. The lowest BCUT2D eigenvalue weighted by molar-refractivity contribution is 0.720. The zero-order valence-corrected chi connectivity index (χ0v) is 4.99. The number of halogens is 1. The minimum Gasteiger partial charge on any atom is -0.123 e. The normalized spacial score (nSPS) is 25.3. The van der Waals surface area contributed by atoms with Crippen LogP contribution in [0.5, 0.6) is 0 Å². The molecule has 1 unspecified atom stereocenters. The van der Waals surface area contributed by atoms with Gasteiger partial charge in [0.25, 0.3) is 0 Å². The first-order chi connectivity index (χ1) is 3.39. The highest BCUT2D eigenvalue weighted by Gasteiger charge is 2.08. The van der Waals surface area contributed by atoms with E-state index in [9.17, 15) is 0 Å². The van der Waals surface area contributed by atoms with Gasteiger partial charge in [-0.25, -0.2) is 0 Å². The smallest absolute Gasteiger partial charge is 0.0370 e. The van der Waals surface area contributed by atoms with Crippen molar-refractivity contribution in [1.29, 1.82) is 0 Å². The maximum absolute atomic E-state index is 5.73. The second kappa shape index (κ2) is 2.56. The molecule has 1 aliphatic rings. The van der Waals surface area contributed by atoms with Gasteiger partial charge in [-0.3, -0.25) is 0 Å². The quantitative estimate of drug-likeness (QED) is 0.426. The Bertz CT molecular complexity index is 46.1. The van der Waals surface area contributed by atoms with Gasteiger partial charge in [-0.2, -0.15) is 0 Å². The maximum Gasteiger partial charge on any atom is 0.0370 e. The van der Waals surface area contributed by atoms with Crippen LogP contribution in [0.1, 0.15) is 19.3 Å². The number of alkyl halides is 1. The summed E-state index contributed by atoms with van der Waals surface area (Å²) >= 11 is 5.73. The van der Waals surface area contributed by atoms with Gasteiger partial charge in [0.05, 0.1) is 0 Å². The Hall–Kier alpha value is 0.290. The molecule has 0 saturated heterocycles. The van der Waals surface area contributed by atoms with Gasteiger partial charge >= 0.3 is 0 Å². The van der Waals surface area contributed by atoms with E-state index in [0.717, 1.165) is 6.42 Å². The monoisotopic (exact) mass is 116 g/mol. The lowest BCUT2D eigenvalue weighted by Crippen LogP contribution is -2.05. The summed E-state index contributed by atoms with van der Waals surface area (Å²) in [4.78, 5) is 0. The van der Waals surface area contributed by atoms with Crippen LogP contribution in [0.15, 0.2) is 0 Å². The van der Waals surface area contributed by atoms with Crippen LogP contribution in [0, 0.1) is 12.8 Å². The van der Waals surface area contributed by atoms with E-state index >= 15 is 0 Å². The number of hydrogen-bond acceptors (Lipinski definition) is 0. The molecule has 0 spiro atoms. The fourth-order valence-corrected chi connectivity index (χ4v) is 1.02. The molecule has 0 amide bonds. The fraction of sp³-hybridized carbons (Fsp3) is 0.667. The van der Waals surface area contributed by atoms with Crippen LogP contribution in [0.25, 0.3) is 0 Å². The SMILES string of the molecule is ClC1[CH]CC[CH]C1. The summed E-state index contributed by atoms with van der Waals surface area (Å²) in [7, 11) is 0. The van der Waals surface area contributed by atoms with Crippen molar-refractivity contribution < 1.29 is 0 Å². The molecule has 1 atom stereocenters. The van der Waals surface area contributed by atoms with Gasteiger partial charge in [0.15, 0.2) is 0 Å². The van der Waals surface area contributed by atoms with Gasteiger partial charge in [0.2, 0.25) is 0 Å². The molecular weight excluding hydrogens is 108 g/mol. The van der Waals surface area contributed by atoms with Gasteiger partial charge in [0, 0.05) is 5.38 Å². The third kappa shape index (κ3) is 1.68. The van der Waals surface area contributed by atoms with Crippen molar-refractivity contribution in [3.63, 3.8) is 0 Å². The molecule has 0 aliphatic heterocycles. The molecule has 1 fully saturated rings. The van der Waals surface area contributed by atoms with Crippen molar-refractivity contribution in [3.05, 3.63) is 12.8 Å². The van der Waals surface area contributed by atoms with Crippen molar-refractivity contribution in [2.24, 2.45) is 0 Å². The Morgan fingerprint density at radius 2 is 2.29 bits per heavy atom. The van der Waals surface area contributed by atoms with Gasteiger partial charge in [-0.05, 0) is 32.1 Å². The molecule has 0 heterocycles. The Morgan fingerprint density at radius 3 is 2.57 bits per heavy atom. The van der Waals surface area contributed by atoms with Crippen LogP contribution in [0.2, 0.25) is 0 Å². The minimum absolute atomic E-state index is 0.328. The third-order valence-corrected chi connectivity index (χ3v) is 1.54. The van der Waals surface area contributed by atoms with Gasteiger partial charge < -0.3 is 0 Å². The number of rotatable bonds is 0. The Morgan fingerprint density at radius 1 is 1.43 bits per heavy atom. The van der Waals surface area contributed by atoms with Crippen molar-refractivity contribution in [2.75, 3.05) is 0 Å². The Balaban J connectivity index is 2.12. The molecule has 2 radical (unpaired) electrons. The molecule has 40 valence electrons. The molecular formula is C6H9Cl. The molecule has 0 aromatic rings. The topological polar surface area (TPSA) is 0 Å². The third-order valence-electron chi connectivity index (χ3n) is 1.19. The molecule has 1 saturated carbocycles. The molecule has 0 aromatic heterocycles. The van der Waals surface area contributed by atoms with Gasteiger partial charge in [-0.1, -0.05) is 0 Å². The summed E-state index contributed by atoms with van der Waals surface area (Å²) in [6.45, 7) is 0.